The molecule has 2 aromatic rings. The molecule has 0 aliphatic carbocycles. The molecule has 0 aliphatic heterocycles. The second kappa shape index (κ2) is 5.25. The third-order valence-corrected chi connectivity index (χ3v) is 4.31. The Morgan fingerprint density at radius 3 is 2.00 bits per heavy atom. The van der Waals surface area contributed by atoms with Crippen LogP contribution in [0.5, 0.6) is 0 Å². The van der Waals surface area contributed by atoms with Crippen molar-refractivity contribution < 1.29 is 4.79 Å². The van der Waals surface area contributed by atoms with Gasteiger partial charge in [-0.1, -0.05) is 27.5 Å². The molecule has 0 saturated carbocycles. The number of hydrogen-bond acceptors (Lipinski definition) is 1. The Morgan fingerprint density at radius 1 is 1.00 bits per heavy atom. The van der Waals surface area contributed by atoms with Crippen LogP contribution in [0.25, 0.3) is 0 Å². The maximum atomic E-state index is 12.3. The van der Waals surface area contributed by atoms with Crippen LogP contribution in [0.15, 0.2) is 40.9 Å². The summed E-state index contributed by atoms with van der Waals surface area (Å²) in [7, 11) is 0. The summed E-state index contributed by atoms with van der Waals surface area (Å²) in [6.45, 7) is 3.96. The minimum Gasteiger partial charge on any atom is -0.289 e. The maximum absolute atomic E-state index is 12.3. The van der Waals surface area contributed by atoms with Crippen molar-refractivity contribution in [3.63, 3.8) is 0 Å². The van der Waals surface area contributed by atoms with Crippen LogP contribution in [0.4, 0.5) is 0 Å². The van der Waals surface area contributed by atoms with Gasteiger partial charge in [-0.3, -0.25) is 4.79 Å². The van der Waals surface area contributed by atoms with Crippen LogP contribution < -0.4 is 0 Å². The zero-order chi connectivity index (χ0) is 13.3. The summed E-state index contributed by atoms with van der Waals surface area (Å²) in [5.41, 5.74) is 3.48. The molecule has 0 unspecified atom stereocenters. The number of hydrogen-bond donors (Lipinski definition) is 0. The summed E-state index contributed by atoms with van der Waals surface area (Å²) in [5, 5.41) is 0.634. The van der Waals surface area contributed by atoms with Gasteiger partial charge in [0.05, 0.1) is 0 Å². The predicted molar refractivity (Wildman–Crippen MR) is 78.5 cm³/mol. The molecule has 1 nitrogen and oxygen atoms in total. The van der Waals surface area contributed by atoms with Crippen molar-refractivity contribution in [3.8, 4) is 0 Å². The van der Waals surface area contributed by atoms with E-state index in [1.807, 2.05) is 26.0 Å². The number of ketones is 1. The first-order valence-corrected chi connectivity index (χ1v) is 6.73. The van der Waals surface area contributed by atoms with E-state index in [2.05, 4.69) is 15.9 Å². The summed E-state index contributed by atoms with van der Waals surface area (Å²) < 4.78 is 1.05. The Labute approximate surface area is 120 Å². The smallest absolute Gasteiger partial charge is 0.193 e. The van der Waals surface area contributed by atoms with Crippen molar-refractivity contribution in [1.29, 1.82) is 0 Å². The predicted octanol–water partition coefficient (Wildman–Crippen LogP) is 4.95. The molecule has 0 radical (unpaired) electrons. The standard InChI is InChI=1S/C15H12BrClO/c1-9-7-12(8-10(2)14(9)16)15(18)11-3-5-13(17)6-4-11/h3-8H,1-2H3. The Bertz CT molecular complexity index is 579. The lowest BCUT2D eigenvalue weighted by atomic mass is 9.99. The van der Waals surface area contributed by atoms with Crippen LogP contribution in [0, 0.1) is 13.8 Å². The van der Waals surface area contributed by atoms with Gasteiger partial charge in [0.1, 0.15) is 0 Å². The highest BCUT2D eigenvalue weighted by atomic mass is 79.9. The quantitative estimate of drug-likeness (QED) is 0.715. The van der Waals surface area contributed by atoms with Crippen LogP contribution in [0.3, 0.4) is 0 Å². The Kier molecular flexibility index (Phi) is 3.88. The molecule has 2 aromatic carbocycles. The van der Waals surface area contributed by atoms with E-state index in [0.717, 1.165) is 15.6 Å². The molecule has 18 heavy (non-hydrogen) atoms. The van der Waals surface area contributed by atoms with E-state index in [9.17, 15) is 4.79 Å². The molecule has 0 N–H and O–H groups in total. The largest absolute Gasteiger partial charge is 0.289 e. The van der Waals surface area contributed by atoms with Gasteiger partial charge in [0, 0.05) is 20.6 Å². The molecule has 0 spiro atoms. The summed E-state index contributed by atoms with van der Waals surface area (Å²) in [4.78, 5) is 12.3. The van der Waals surface area contributed by atoms with E-state index in [-0.39, 0.29) is 5.78 Å². The van der Waals surface area contributed by atoms with Crippen molar-refractivity contribution in [2.45, 2.75) is 13.8 Å². The monoisotopic (exact) mass is 322 g/mol. The number of carbonyl (C=O) groups excluding carboxylic acids is 1. The molecular formula is C15H12BrClO. The molecule has 0 amide bonds. The minimum atomic E-state index is 0.0189. The van der Waals surface area contributed by atoms with E-state index in [1.165, 1.54) is 0 Å². The Hall–Kier alpha value is -1.12. The Balaban J connectivity index is 2.43. The third-order valence-electron chi connectivity index (χ3n) is 2.81. The molecule has 0 fully saturated rings. The summed E-state index contributed by atoms with van der Waals surface area (Å²) in [5.74, 6) is 0.0189. The molecule has 0 atom stereocenters. The molecular weight excluding hydrogens is 312 g/mol. The molecule has 0 aliphatic rings. The van der Waals surface area contributed by atoms with E-state index < -0.39 is 0 Å². The molecule has 92 valence electrons. The van der Waals surface area contributed by atoms with E-state index >= 15 is 0 Å². The van der Waals surface area contributed by atoms with Crippen LogP contribution in [-0.4, -0.2) is 5.78 Å². The number of halogens is 2. The Morgan fingerprint density at radius 2 is 1.50 bits per heavy atom. The van der Waals surface area contributed by atoms with Gasteiger partial charge in [0.2, 0.25) is 0 Å². The highest BCUT2D eigenvalue weighted by Crippen LogP contribution is 2.24. The molecule has 0 aromatic heterocycles. The van der Waals surface area contributed by atoms with Crippen molar-refractivity contribution in [3.05, 3.63) is 68.1 Å². The second-order valence-electron chi connectivity index (χ2n) is 4.26. The lowest BCUT2D eigenvalue weighted by Gasteiger charge is -2.07. The highest BCUT2D eigenvalue weighted by molar-refractivity contribution is 9.10. The fraction of sp³-hybridized carbons (Fsp3) is 0.133. The van der Waals surface area contributed by atoms with Crippen molar-refractivity contribution in [2.75, 3.05) is 0 Å². The number of rotatable bonds is 2. The fourth-order valence-electron chi connectivity index (χ4n) is 1.84. The SMILES string of the molecule is Cc1cc(C(=O)c2ccc(Cl)cc2)cc(C)c1Br. The fourth-order valence-corrected chi connectivity index (χ4v) is 2.20. The van der Waals surface area contributed by atoms with Crippen molar-refractivity contribution >= 4 is 33.3 Å². The van der Waals surface area contributed by atoms with Crippen LogP contribution >= 0.6 is 27.5 Å². The number of benzene rings is 2. The molecule has 3 heteroatoms. The van der Waals surface area contributed by atoms with Gasteiger partial charge in [0.25, 0.3) is 0 Å². The molecule has 0 saturated heterocycles. The summed E-state index contributed by atoms with van der Waals surface area (Å²) in [6, 6.07) is 10.7. The topological polar surface area (TPSA) is 17.1 Å². The lowest BCUT2D eigenvalue weighted by molar-refractivity contribution is 0.103. The summed E-state index contributed by atoms with van der Waals surface area (Å²) >= 11 is 9.32. The normalized spacial score (nSPS) is 10.4. The first kappa shape index (κ1) is 13.3. The van der Waals surface area contributed by atoms with Crippen LogP contribution in [0.1, 0.15) is 27.0 Å². The zero-order valence-electron chi connectivity index (χ0n) is 10.1. The van der Waals surface area contributed by atoms with E-state index in [0.29, 0.717) is 16.1 Å². The van der Waals surface area contributed by atoms with E-state index in [1.54, 1.807) is 24.3 Å². The first-order valence-electron chi connectivity index (χ1n) is 5.56. The average Bonchev–Trinajstić information content (AvgIpc) is 2.35. The minimum absolute atomic E-state index is 0.0189. The number of aryl methyl sites for hydroxylation is 2. The third kappa shape index (κ3) is 2.65. The van der Waals surface area contributed by atoms with Gasteiger partial charge in [-0.25, -0.2) is 0 Å². The average molecular weight is 324 g/mol. The van der Waals surface area contributed by atoms with Gasteiger partial charge in [-0.05, 0) is 61.4 Å². The van der Waals surface area contributed by atoms with Crippen LogP contribution in [0.2, 0.25) is 5.02 Å². The van der Waals surface area contributed by atoms with Gasteiger partial charge >= 0.3 is 0 Å². The van der Waals surface area contributed by atoms with Crippen molar-refractivity contribution in [1.82, 2.24) is 0 Å². The zero-order valence-corrected chi connectivity index (χ0v) is 12.5. The summed E-state index contributed by atoms with van der Waals surface area (Å²) in [6.07, 6.45) is 0. The second-order valence-corrected chi connectivity index (χ2v) is 5.49. The van der Waals surface area contributed by atoms with Crippen molar-refractivity contribution in [2.24, 2.45) is 0 Å². The van der Waals surface area contributed by atoms with Crippen LogP contribution in [-0.2, 0) is 0 Å². The molecule has 2 rings (SSSR count). The number of carbonyl (C=O) groups is 1. The molecule has 0 heterocycles. The lowest BCUT2D eigenvalue weighted by Crippen LogP contribution is -2.02. The van der Waals surface area contributed by atoms with Gasteiger partial charge in [-0.2, -0.15) is 0 Å². The van der Waals surface area contributed by atoms with E-state index in [4.69, 9.17) is 11.6 Å². The first-order chi connectivity index (χ1) is 8.49. The highest BCUT2D eigenvalue weighted by Gasteiger charge is 2.11. The van der Waals surface area contributed by atoms with Gasteiger partial charge in [0.15, 0.2) is 5.78 Å². The van der Waals surface area contributed by atoms with Gasteiger partial charge in [-0.15, -0.1) is 0 Å². The maximum Gasteiger partial charge on any atom is 0.193 e. The molecule has 0 bridgehead atoms. The van der Waals surface area contributed by atoms with Gasteiger partial charge < -0.3 is 0 Å².